The zero-order valence-corrected chi connectivity index (χ0v) is 12.8. The maximum atomic E-state index is 12.8. The summed E-state index contributed by atoms with van der Waals surface area (Å²) in [6.07, 6.45) is 1.24. The van der Waals surface area contributed by atoms with Crippen LogP contribution in [0.1, 0.15) is 5.56 Å². The van der Waals surface area contributed by atoms with Crippen LogP contribution in [0.25, 0.3) is 11.2 Å². The number of carboxylic acid groups (broad SMARTS) is 1. The predicted octanol–water partition coefficient (Wildman–Crippen LogP) is 2.07. The van der Waals surface area contributed by atoms with E-state index in [4.69, 9.17) is 5.11 Å². The number of hydrogen-bond donors (Lipinski definition) is 2. The SMILES string of the molecule is Cc1ccccc1S(=O)(=O)n1ccc2nc(NC(=O)O)cnc21. The third kappa shape index (κ3) is 2.61. The molecule has 2 N–H and O–H groups in total. The number of nitrogens with zero attached hydrogens (tertiary/aromatic N) is 3. The molecule has 0 atom stereocenters. The van der Waals surface area contributed by atoms with Crippen molar-refractivity contribution in [2.24, 2.45) is 0 Å². The van der Waals surface area contributed by atoms with E-state index in [9.17, 15) is 13.2 Å². The van der Waals surface area contributed by atoms with Gasteiger partial charge in [0.2, 0.25) is 0 Å². The first kappa shape index (κ1) is 15.0. The monoisotopic (exact) mass is 332 g/mol. The first-order valence-corrected chi connectivity index (χ1v) is 7.99. The Bertz CT molecular complexity index is 1010. The van der Waals surface area contributed by atoms with Crippen LogP contribution in [0, 0.1) is 6.92 Å². The average molecular weight is 332 g/mol. The number of amides is 1. The van der Waals surface area contributed by atoms with Crippen LogP contribution >= 0.6 is 0 Å². The van der Waals surface area contributed by atoms with E-state index in [1.807, 2.05) is 0 Å². The Labute approximate surface area is 131 Å². The number of hydrogen-bond acceptors (Lipinski definition) is 5. The number of benzene rings is 1. The van der Waals surface area contributed by atoms with Crippen molar-refractivity contribution in [3.63, 3.8) is 0 Å². The fourth-order valence-electron chi connectivity index (χ4n) is 2.20. The van der Waals surface area contributed by atoms with Crippen molar-refractivity contribution in [1.82, 2.24) is 13.9 Å². The minimum Gasteiger partial charge on any atom is -0.465 e. The lowest BCUT2D eigenvalue weighted by Crippen LogP contribution is -2.14. The summed E-state index contributed by atoms with van der Waals surface area (Å²) in [4.78, 5) is 18.8. The highest BCUT2D eigenvalue weighted by atomic mass is 32.2. The summed E-state index contributed by atoms with van der Waals surface area (Å²) >= 11 is 0. The van der Waals surface area contributed by atoms with Crippen molar-refractivity contribution in [2.75, 3.05) is 5.32 Å². The molecule has 0 bridgehead atoms. The van der Waals surface area contributed by atoms with E-state index in [-0.39, 0.29) is 21.9 Å². The second-order valence-electron chi connectivity index (χ2n) is 4.78. The van der Waals surface area contributed by atoms with E-state index < -0.39 is 16.1 Å². The average Bonchev–Trinajstić information content (AvgIpc) is 2.90. The molecular formula is C14H12N4O4S. The largest absolute Gasteiger partial charge is 0.465 e. The molecule has 3 rings (SSSR count). The normalized spacial score (nSPS) is 11.5. The molecule has 1 aromatic carbocycles. The highest BCUT2D eigenvalue weighted by Gasteiger charge is 2.21. The maximum Gasteiger partial charge on any atom is 0.410 e. The van der Waals surface area contributed by atoms with Gasteiger partial charge in [-0.15, -0.1) is 0 Å². The predicted molar refractivity (Wildman–Crippen MR) is 82.9 cm³/mol. The summed E-state index contributed by atoms with van der Waals surface area (Å²) < 4.78 is 26.6. The molecule has 0 unspecified atom stereocenters. The van der Waals surface area contributed by atoms with Gasteiger partial charge in [0.15, 0.2) is 11.5 Å². The molecule has 0 saturated heterocycles. The zero-order valence-electron chi connectivity index (χ0n) is 12.0. The van der Waals surface area contributed by atoms with E-state index in [2.05, 4.69) is 15.3 Å². The molecule has 1 amide bonds. The topological polar surface area (TPSA) is 114 Å². The summed E-state index contributed by atoms with van der Waals surface area (Å²) in [5.41, 5.74) is 1.02. The minimum atomic E-state index is -3.81. The fourth-order valence-corrected chi connectivity index (χ4v) is 3.73. The highest BCUT2D eigenvalue weighted by Crippen LogP contribution is 2.22. The lowest BCUT2D eigenvalue weighted by molar-refractivity contribution is 0.209. The van der Waals surface area contributed by atoms with Crippen molar-refractivity contribution < 1.29 is 18.3 Å². The second kappa shape index (κ2) is 5.36. The van der Waals surface area contributed by atoms with Gasteiger partial charge in [0.05, 0.1) is 11.1 Å². The van der Waals surface area contributed by atoms with Gasteiger partial charge in [-0.25, -0.2) is 27.2 Å². The molecule has 23 heavy (non-hydrogen) atoms. The summed E-state index contributed by atoms with van der Waals surface area (Å²) in [7, 11) is -3.81. The first-order chi connectivity index (χ1) is 10.9. The molecular weight excluding hydrogens is 320 g/mol. The van der Waals surface area contributed by atoms with Crippen LogP contribution in [-0.4, -0.2) is 33.6 Å². The number of nitrogens with one attached hydrogen (secondary N) is 1. The number of rotatable bonds is 3. The quantitative estimate of drug-likeness (QED) is 0.759. The third-order valence-electron chi connectivity index (χ3n) is 3.22. The van der Waals surface area contributed by atoms with Crippen molar-refractivity contribution in [2.45, 2.75) is 11.8 Å². The van der Waals surface area contributed by atoms with Gasteiger partial charge >= 0.3 is 6.09 Å². The lowest BCUT2D eigenvalue weighted by atomic mass is 10.2. The fraction of sp³-hybridized carbons (Fsp3) is 0.0714. The Morgan fingerprint density at radius 1 is 1.26 bits per heavy atom. The Balaban J connectivity index is 2.14. The number of anilines is 1. The maximum absolute atomic E-state index is 12.8. The van der Waals surface area contributed by atoms with Gasteiger partial charge in [0.25, 0.3) is 10.0 Å². The Morgan fingerprint density at radius 3 is 2.70 bits per heavy atom. The summed E-state index contributed by atoms with van der Waals surface area (Å²) in [6.45, 7) is 1.71. The highest BCUT2D eigenvalue weighted by molar-refractivity contribution is 7.90. The van der Waals surface area contributed by atoms with E-state index in [1.165, 1.54) is 24.5 Å². The molecule has 118 valence electrons. The molecule has 0 aliphatic heterocycles. The van der Waals surface area contributed by atoms with Gasteiger partial charge in [-0.05, 0) is 24.6 Å². The van der Waals surface area contributed by atoms with Crippen LogP contribution in [-0.2, 0) is 10.0 Å². The molecule has 0 radical (unpaired) electrons. The van der Waals surface area contributed by atoms with Crippen molar-refractivity contribution in [3.05, 3.63) is 48.3 Å². The Morgan fingerprint density at radius 2 is 2.00 bits per heavy atom. The molecule has 0 fully saturated rings. The molecule has 0 saturated carbocycles. The first-order valence-electron chi connectivity index (χ1n) is 6.55. The molecule has 0 aliphatic carbocycles. The van der Waals surface area contributed by atoms with Gasteiger partial charge in [-0.1, -0.05) is 18.2 Å². The van der Waals surface area contributed by atoms with Gasteiger partial charge in [0, 0.05) is 6.20 Å². The molecule has 2 aromatic heterocycles. The van der Waals surface area contributed by atoms with Crippen LogP contribution < -0.4 is 5.32 Å². The lowest BCUT2D eigenvalue weighted by Gasteiger charge is -2.09. The van der Waals surface area contributed by atoms with Crippen LogP contribution in [0.3, 0.4) is 0 Å². The third-order valence-corrected chi connectivity index (χ3v) is 5.05. The number of aryl methyl sites for hydroxylation is 1. The Hall–Kier alpha value is -2.94. The summed E-state index contributed by atoms with van der Waals surface area (Å²) in [5.74, 6) is 0.0241. The van der Waals surface area contributed by atoms with Gasteiger partial charge in [-0.3, -0.25) is 5.32 Å². The summed E-state index contributed by atoms with van der Waals surface area (Å²) in [5, 5.41) is 10.7. The molecule has 9 heteroatoms. The Kier molecular flexibility index (Phi) is 3.49. The van der Waals surface area contributed by atoms with Crippen molar-refractivity contribution in [3.8, 4) is 0 Å². The van der Waals surface area contributed by atoms with E-state index in [0.29, 0.717) is 5.56 Å². The van der Waals surface area contributed by atoms with E-state index in [0.717, 1.165) is 3.97 Å². The second-order valence-corrected chi connectivity index (χ2v) is 6.56. The molecule has 2 heterocycles. The smallest absolute Gasteiger partial charge is 0.410 e. The van der Waals surface area contributed by atoms with Gasteiger partial charge in [-0.2, -0.15) is 0 Å². The number of carbonyl (C=O) groups is 1. The van der Waals surface area contributed by atoms with E-state index >= 15 is 0 Å². The standard InChI is InChI=1S/C14H12N4O4S/c1-9-4-2-3-5-11(9)23(21,22)18-7-6-10-13(18)15-8-12(16-10)17-14(19)20/h2-8H,1H3,(H,16,17)(H,19,20). The molecule has 0 aliphatic rings. The van der Waals surface area contributed by atoms with Crippen LogP contribution in [0.2, 0.25) is 0 Å². The van der Waals surface area contributed by atoms with Crippen LogP contribution in [0.5, 0.6) is 0 Å². The minimum absolute atomic E-state index is 0.0241. The number of aromatic nitrogens is 3. The molecule has 0 spiro atoms. The molecule has 8 nitrogen and oxygen atoms in total. The van der Waals surface area contributed by atoms with Crippen molar-refractivity contribution >= 4 is 33.1 Å². The summed E-state index contributed by atoms with van der Waals surface area (Å²) in [6, 6.07) is 8.09. The van der Waals surface area contributed by atoms with Crippen LogP contribution in [0.15, 0.2) is 47.6 Å². The van der Waals surface area contributed by atoms with E-state index in [1.54, 1.807) is 25.1 Å². The van der Waals surface area contributed by atoms with Crippen molar-refractivity contribution in [1.29, 1.82) is 0 Å². The van der Waals surface area contributed by atoms with Crippen LogP contribution in [0.4, 0.5) is 10.6 Å². The van der Waals surface area contributed by atoms with Gasteiger partial charge in [0.1, 0.15) is 5.52 Å². The van der Waals surface area contributed by atoms with Gasteiger partial charge < -0.3 is 5.11 Å². The molecule has 3 aromatic rings. The number of fused-ring (bicyclic) bond motifs is 1. The zero-order chi connectivity index (χ0) is 16.6.